The Hall–Kier alpha value is -1.77. The number of Topliss-reactive ketones (excluding diaryl/α,β-unsaturated/α-hetero) is 3. The summed E-state index contributed by atoms with van der Waals surface area (Å²) in [6.07, 6.45) is 0.347. The average molecular weight is 218 g/mol. The standard InChI is InChI=1S/C13H14O3/c1-4-13(16)11-6-5-10(8(2)14)7-12(11)9(3)15/h5-7H,4H2,1-3H3. The van der Waals surface area contributed by atoms with Crippen molar-refractivity contribution in [2.45, 2.75) is 27.2 Å². The van der Waals surface area contributed by atoms with Crippen LogP contribution in [0.5, 0.6) is 0 Å². The first kappa shape index (κ1) is 12.3. The lowest BCUT2D eigenvalue weighted by molar-refractivity contribution is 0.0964. The van der Waals surface area contributed by atoms with Crippen molar-refractivity contribution in [1.82, 2.24) is 0 Å². The smallest absolute Gasteiger partial charge is 0.163 e. The molecule has 0 saturated carbocycles. The lowest BCUT2D eigenvalue weighted by atomic mass is 9.96. The summed E-state index contributed by atoms with van der Waals surface area (Å²) in [5.41, 5.74) is 1.19. The highest BCUT2D eigenvalue weighted by Crippen LogP contribution is 2.15. The first-order valence-corrected chi connectivity index (χ1v) is 5.16. The van der Waals surface area contributed by atoms with E-state index < -0.39 is 0 Å². The second-order valence-corrected chi connectivity index (χ2v) is 3.65. The van der Waals surface area contributed by atoms with Crippen molar-refractivity contribution < 1.29 is 14.4 Å². The van der Waals surface area contributed by atoms with Crippen LogP contribution in [0.15, 0.2) is 18.2 Å². The molecule has 16 heavy (non-hydrogen) atoms. The topological polar surface area (TPSA) is 51.2 Å². The van der Waals surface area contributed by atoms with E-state index in [0.717, 1.165) is 0 Å². The predicted molar refractivity (Wildman–Crippen MR) is 61.1 cm³/mol. The fourth-order valence-corrected chi connectivity index (χ4v) is 1.49. The summed E-state index contributed by atoms with van der Waals surface area (Å²) in [6, 6.07) is 4.63. The lowest BCUT2D eigenvalue weighted by Gasteiger charge is -2.06. The van der Waals surface area contributed by atoms with Crippen LogP contribution in [0.2, 0.25) is 0 Å². The van der Waals surface area contributed by atoms with E-state index in [-0.39, 0.29) is 17.3 Å². The summed E-state index contributed by atoms with van der Waals surface area (Å²) >= 11 is 0. The number of ketones is 3. The number of carbonyl (C=O) groups excluding carboxylic acids is 3. The first-order chi connectivity index (χ1) is 7.47. The molecule has 0 unspecified atom stereocenters. The van der Waals surface area contributed by atoms with Gasteiger partial charge in [0.05, 0.1) is 0 Å². The Labute approximate surface area is 94.5 Å². The van der Waals surface area contributed by atoms with Gasteiger partial charge >= 0.3 is 0 Å². The van der Waals surface area contributed by atoms with Crippen LogP contribution in [0.4, 0.5) is 0 Å². The summed E-state index contributed by atoms with van der Waals surface area (Å²) in [6.45, 7) is 4.57. The Morgan fingerprint density at radius 1 is 1.00 bits per heavy atom. The minimum atomic E-state index is -0.195. The van der Waals surface area contributed by atoms with Crippen molar-refractivity contribution in [3.8, 4) is 0 Å². The van der Waals surface area contributed by atoms with Crippen LogP contribution >= 0.6 is 0 Å². The van der Waals surface area contributed by atoms with Gasteiger partial charge in [-0.15, -0.1) is 0 Å². The summed E-state index contributed by atoms with van der Waals surface area (Å²) < 4.78 is 0. The van der Waals surface area contributed by atoms with Crippen LogP contribution < -0.4 is 0 Å². The Kier molecular flexibility index (Phi) is 3.72. The maximum absolute atomic E-state index is 11.6. The molecule has 0 saturated heterocycles. The molecule has 0 heterocycles. The van der Waals surface area contributed by atoms with E-state index in [1.165, 1.54) is 19.9 Å². The molecule has 84 valence electrons. The van der Waals surface area contributed by atoms with Crippen molar-refractivity contribution in [3.63, 3.8) is 0 Å². The van der Waals surface area contributed by atoms with Crippen molar-refractivity contribution in [1.29, 1.82) is 0 Å². The quantitative estimate of drug-likeness (QED) is 0.730. The van der Waals surface area contributed by atoms with Crippen LogP contribution in [0.25, 0.3) is 0 Å². The number of hydrogen-bond acceptors (Lipinski definition) is 3. The van der Waals surface area contributed by atoms with Gasteiger partial charge < -0.3 is 0 Å². The van der Waals surface area contributed by atoms with Gasteiger partial charge in [0, 0.05) is 23.1 Å². The molecular formula is C13H14O3. The number of benzene rings is 1. The van der Waals surface area contributed by atoms with Crippen molar-refractivity contribution >= 4 is 17.3 Å². The van der Waals surface area contributed by atoms with E-state index in [4.69, 9.17) is 0 Å². The predicted octanol–water partition coefficient (Wildman–Crippen LogP) is 2.68. The van der Waals surface area contributed by atoms with Crippen LogP contribution in [-0.2, 0) is 0 Å². The summed E-state index contributed by atoms with van der Waals surface area (Å²) in [5, 5.41) is 0. The van der Waals surface area contributed by atoms with E-state index in [1.807, 2.05) is 0 Å². The molecule has 0 aliphatic rings. The number of hydrogen-bond donors (Lipinski definition) is 0. The third-order valence-corrected chi connectivity index (χ3v) is 2.43. The highest BCUT2D eigenvalue weighted by molar-refractivity contribution is 6.09. The second kappa shape index (κ2) is 4.84. The minimum absolute atomic E-state index is 0.0831. The molecule has 0 radical (unpaired) electrons. The van der Waals surface area contributed by atoms with E-state index >= 15 is 0 Å². The molecule has 0 aliphatic carbocycles. The molecule has 0 fully saturated rings. The average Bonchev–Trinajstić information content (AvgIpc) is 2.26. The minimum Gasteiger partial charge on any atom is -0.295 e. The van der Waals surface area contributed by atoms with E-state index in [1.54, 1.807) is 19.1 Å². The molecule has 3 heteroatoms. The maximum atomic E-state index is 11.6. The van der Waals surface area contributed by atoms with E-state index in [2.05, 4.69) is 0 Å². The van der Waals surface area contributed by atoms with Gasteiger partial charge in [0.15, 0.2) is 17.3 Å². The van der Waals surface area contributed by atoms with Crippen LogP contribution in [0.1, 0.15) is 58.3 Å². The molecule has 0 aromatic heterocycles. The van der Waals surface area contributed by atoms with Crippen molar-refractivity contribution in [2.24, 2.45) is 0 Å². The van der Waals surface area contributed by atoms with Gasteiger partial charge in [0.25, 0.3) is 0 Å². The zero-order valence-electron chi connectivity index (χ0n) is 9.66. The fourth-order valence-electron chi connectivity index (χ4n) is 1.49. The molecule has 0 spiro atoms. The van der Waals surface area contributed by atoms with Crippen molar-refractivity contribution in [2.75, 3.05) is 0 Å². The van der Waals surface area contributed by atoms with Crippen LogP contribution in [-0.4, -0.2) is 17.3 Å². The molecule has 0 atom stereocenters. The molecule has 1 aromatic rings. The fraction of sp³-hybridized carbons (Fsp3) is 0.308. The van der Waals surface area contributed by atoms with Gasteiger partial charge in [-0.2, -0.15) is 0 Å². The molecule has 1 aromatic carbocycles. The number of rotatable bonds is 4. The third-order valence-electron chi connectivity index (χ3n) is 2.43. The highest BCUT2D eigenvalue weighted by Gasteiger charge is 2.14. The second-order valence-electron chi connectivity index (χ2n) is 3.65. The summed E-state index contributed by atoms with van der Waals surface area (Å²) in [4.78, 5) is 34.2. The SMILES string of the molecule is CCC(=O)c1ccc(C(C)=O)cc1C(C)=O. The van der Waals surface area contributed by atoms with Gasteiger partial charge in [-0.05, 0) is 26.0 Å². The molecule has 0 aliphatic heterocycles. The monoisotopic (exact) mass is 218 g/mol. The van der Waals surface area contributed by atoms with Crippen molar-refractivity contribution in [3.05, 3.63) is 34.9 Å². The third kappa shape index (κ3) is 2.42. The molecule has 3 nitrogen and oxygen atoms in total. The molecule has 0 bridgehead atoms. The highest BCUT2D eigenvalue weighted by atomic mass is 16.1. The molecular weight excluding hydrogens is 204 g/mol. The van der Waals surface area contributed by atoms with Gasteiger partial charge in [0.1, 0.15) is 0 Å². The number of carbonyl (C=O) groups is 3. The van der Waals surface area contributed by atoms with Gasteiger partial charge in [0.2, 0.25) is 0 Å². The largest absolute Gasteiger partial charge is 0.295 e. The van der Waals surface area contributed by atoms with E-state index in [9.17, 15) is 14.4 Å². The summed E-state index contributed by atoms with van der Waals surface area (Å²) in [7, 11) is 0. The normalized spacial score (nSPS) is 9.94. The van der Waals surface area contributed by atoms with Gasteiger partial charge in [-0.1, -0.05) is 13.0 Å². The zero-order chi connectivity index (χ0) is 12.3. The van der Waals surface area contributed by atoms with Gasteiger partial charge in [-0.3, -0.25) is 14.4 Å². The summed E-state index contributed by atoms with van der Waals surface area (Å²) in [5.74, 6) is -0.391. The van der Waals surface area contributed by atoms with Crippen LogP contribution in [0, 0.1) is 0 Å². The van der Waals surface area contributed by atoms with Gasteiger partial charge in [-0.25, -0.2) is 0 Å². The zero-order valence-corrected chi connectivity index (χ0v) is 9.66. The molecule has 1 rings (SSSR count). The first-order valence-electron chi connectivity index (χ1n) is 5.16. The Bertz CT molecular complexity index is 458. The molecule has 0 N–H and O–H groups in total. The van der Waals surface area contributed by atoms with Crippen LogP contribution in [0.3, 0.4) is 0 Å². The van der Waals surface area contributed by atoms with E-state index in [0.29, 0.717) is 23.1 Å². The maximum Gasteiger partial charge on any atom is 0.163 e. The Balaban J connectivity index is 3.36. The Morgan fingerprint density at radius 3 is 2.06 bits per heavy atom. The Morgan fingerprint density at radius 2 is 1.62 bits per heavy atom. The lowest BCUT2D eigenvalue weighted by Crippen LogP contribution is -2.08. The molecule has 0 amide bonds.